The number of ether oxygens (including phenoxy) is 2. The van der Waals surface area contributed by atoms with Gasteiger partial charge in [0.2, 0.25) is 5.88 Å². The number of rotatable bonds is 11. The number of pyridine rings is 1. The highest BCUT2D eigenvalue weighted by Gasteiger charge is 2.26. The summed E-state index contributed by atoms with van der Waals surface area (Å²) < 4.78 is 50.1. The summed E-state index contributed by atoms with van der Waals surface area (Å²) >= 11 is 1.57. The lowest BCUT2D eigenvalue weighted by molar-refractivity contribution is -0.137. The number of fused-ring (bicyclic) bond motifs is 1. The van der Waals surface area contributed by atoms with Crippen molar-refractivity contribution in [1.29, 1.82) is 0 Å². The van der Waals surface area contributed by atoms with Crippen molar-refractivity contribution in [2.24, 2.45) is 0 Å². The molecule has 0 aliphatic carbocycles. The summed E-state index contributed by atoms with van der Waals surface area (Å²) in [6.45, 7) is 4.02. The predicted molar refractivity (Wildman–Crippen MR) is 145 cm³/mol. The highest BCUT2D eigenvalue weighted by atomic mass is 32.2. The quantitative estimate of drug-likeness (QED) is 0.305. The van der Waals surface area contributed by atoms with Crippen molar-refractivity contribution >= 4 is 27.6 Å². The molecule has 3 aromatic rings. The maximum Gasteiger partial charge on any atom is 0.303 e. The zero-order valence-electron chi connectivity index (χ0n) is 21.5. The first-order chi connectivity index (χ1) is 18.0. The Bertz CT molecular complexity index is 1440. The topological polar surface area (TPSA) is 103 Å². The zero-order valence-corrected chi connectivity index (χ0v) is 23.1. The number of nitrogens with zero attached hydrogens (tertiary/aromatic N) is 1. The van der Waals surface area contributed by atoms with E-state index in [-0.39, 0.29) is 43.5 Å². The van der Waals surface area contributed by atoms with Crippen LogP contribution in [-0.2, 0) is 21.2 Å². The van der Waals surface area contributed by atoms with Crippen LogP contribution in [0.1, 0.15) is 41.0 Å². The minimum Gasteiger partial charge on any atom is -0.493 e. The van der Waals surface area contributed by atoms with Crippen LogP contribution >= 0.6 is 11.8 Å². The second-order valence-electron chi connectivity index (χ2n) is 9.49. The molecule has 0 spiro atoms. The number of thioether (sulfide) groups is 1. The van der Waals surface area contributed by atoms with Crippen LogP contribution in [0.2, 0.25) is 0 Å². The highest BCUT2D eigenvalue weighted by molar-refractivity contribution is 7.99. The minimum absolute atomic E-state index is 0.0264. The lowest BCUT2D eigenvalue weighted by Crippen LogP contribution is -2.10. The summed E-state index contributed by atoms with van der Waals surface area (Å²) in [7, 11) is -3.13. The van der Waals surface area contributed by atoms with Gasteiger partial charge in [0.25, 0.3) is 0 Å². The van der Waals surface area contributed by atoms with Gasteiger partial charge >= 0.3 is 5.97 Å². The highest BCUT2D eigenvalue weighted by Crippen LogP contribution is 2.42. The molecule has 0 bridgehead atoms. The van der Waals surface area contributed by atoms with Crippen molar-refractivity contribution in [1.82, 2.24) is 4.98 Å². The van der Waals surface area contributed by atoms with Crippen LogP contribution in [0.25, 0.3) is 11.1 Å². The van der Waals surface area contributed by atoms with Crippen LogP contribution < -0.4 is 9.47 Å². The van der Waals surface area contributed by atoms with Gasteiger partial charge in [-0.15, -0.1) is 11.8 Å². The molecule has 4 rings (SSSR count). The molecule has 0 amide bonds. The Morgan fingerprint density at radius 1 is 1.18 bits per heavy atom. The number of sulfone groups is 1. The summed E-state index contributed by atoms with van der Waals surface area (Å²) in [5.74, 6) is -0.0737. The Hall–Kier alpha value is -3.11. The van der Waals surface area contributed by atoms with Gasteiger partial charge in [-0.05, 0) is 48.6 Å². The standard InChI is InChI=1S/C28H30FNO6S2/c1-17-6-4-7-18(2)28(17)21-10-19(24(12-23(21)29)35-8-5-9-38(3,33)34)15-36-26-13-25-22(14-30-26)20(16-37-25)11-27(31)32/h4,6-7,10,12-14,20H,5,8-9,11,15-16H2,1-3H3,(H,31,32). The number of carboxylic acids is 1. The average Bonchev–Trinajstić information content (AvgIpc) is 3.22. The second kappa shape index (κ2) is 11.7. The number of carboxylic acid groups (broad SMARTS) is 1. The molecule has 202 valence electrons. The third kappa shape index (κ3) is 6.85. The number of aromatic nitrogens is 1. The second-order valence-corrected chi connectivity index (χ2v) is 12.8. The molecule has 1 aliphatic rings. The number of halogens is 1. The number of benzene rings is 2. The van der Waals surface area contributed by atoms with Crippen molar-refractivity contribution in [3.05, 3.63) is 70.7 Å². The Morgan fingerprint density at radius 2 is 1.92 bits per heavy atom. The fraction of sp³-hybridized carbons (Fsp3) is 0.357. The molecular formula is C28H30FNO6S2. The zero-order chi connectivity index (χ0) is 27.4. The molecule has 2 aromatic carbocycles. The fourth-order valence-electron chi connectivity index (χ4n) is 4.53. The molecule has 10 heteroatoms. The van der Waals surface area contributed by atoms with Gasteiger partial charge in [-0.3, -0.25) is 4.79 Å². The van der Waals surface area contributed by atoms with Crippen molar-refractivity contribution in [2.75, 3.05) is 24.4 Å². The fourth-order valence-corrected chi connectivity index (χ4v) is 6.42. The summed E-state index contributed by atoms with van der Waals surface area (Å²) in [5, 5.41) is 9.14. The maximum atomic E-state index is 15.3. The van der Waals surface area contributed by atoms with Gasteiger partial charge in [-0.25, -0.2) is 17.8 Å². The molecule has 1 aromatic heterocycles. The van der Waals surface area contributed by atoms with Crippen LogP contribution in [0.15, 0.2) is 47.5 Å². The number of hydrogen-bond acceptors (Lipinski definition) is 7. The van der Waals surface area contributed by atoms with Gasteiger partial charge in [0.1, 0.15) is 28.0 Å². The monoisotopic (exact) mass is 559 g/mol. The SMILES string of the molecule is Cc1cccc(C)c1-c1cc(COc2cc3c(cn2)C(CC(=O)O)CS3)c(OCCCS(C)(=O)=O)cc1F. The van der Waals surface area contributed by atoms with E-state index in [0.29, 0.717) is 22.8 Å². The van der Waals surface area contributed by atoms with Crippen molar-refractivity contribution in [2.45, 2.75) is 44.1 Å². The lowest BCUT2D eigenvalue weighted by atomic mass is 9.94. The summed E-state index contributed by atoms with van der Waals surface area (Å²) in [6, 6.07) is 10.6. The number of aryl methyl sites for hydroxylation is 2. The molecule has 1 unspecified atom stereocenters. The van der Waals surface area contributed by atoms with Gasteiger partial charge in [0.05, 0.1) is 18.8 Å². The summed E-state index contributed by atoms with van der Waals surface area (Å²) in [5.41, 5.74) is 4.60. The number of carbonyl (C=O) groups is 1. The van der Waals surface area contributed by atoms with Crippen molar-refractivity contribution in [3.63, 3.8) is 0 Å². The number of aliphatic carboxylic acids is 1. The van der Waals surface area contributed by atoms with Gasteiger partial charge in [0, 0.05) is 52.3 Å². The van der Waals surface area contributed by atoms with E-state index in [1.54, 1.807) is 30.1 Å². The van der Waals surface area contributed by atoms with E-state index in [9.17, 15) is 13.2 Å². The van der Waals surface area contributed by atoms with E-state index >= 15 is 4.39 Å². The maximum absolute atomic E-state index is 15.3. The normalized spacial score (nSPS) is 14.8. The van der Waals surface area contributed by atoms with Crippen molar-refractivity contribution < 1.29 is 32.2 Å². The number of hydrogen-bond donors (Lipinski definition) is 1. The van der Waals surface area contributed by atoms with E-state index in [1.807, 2.05) is 32.0 Å². The van der Waals surface area contributed by atoms with E-state index in [4.69, 9.17) is 14.6 Å². The molecule has 7 nitrogen and oxygen atoms in total. The first-order valence-electron chi connectivity index (χ1n) is 12.2. The molecule has 1 N–H and O–H groups in total. The summed E-state index contributed by atoms with van der Waals surface area (Å²) in [4.78, 5) is 16.4. The smallest absolute Gasteiger partial charge is 0.303 e. The molecule has 0 fully saturated rings. The van der Waals surface area contributed by atoms with E-state index in [0.717, 1.165) is 33.4 Å². The molecule has 0 saturated heterocycles. The Balaban J connectivity index is 1.60. The Labute approximate surface area is 226 Å². The molecule has 1 aliphatic heterocycles. The van der Waals surface area contributed by atoms with E-state index in [2.05, 4.69) is 4.98 Å². The first kappa shape index (κ1) is 27.9. The van der Waals surface area contributed by atoms with Gasteiger partial charge in [-0.1, -0.05) is 18.2 Å². The third-order valence-electron chi connectivity index (χ3n) is 6.36. The molecule has 2 heterocycles. The summed E-state index contributed by atoms with van der Waals surface area (Å²) in [6.07, 6.45) is 3.16. The predicted octanol–water partition coefficient (Wildman–Crippen LogP) is 5.56. The van der Waals surface area contributed by atoms with E-state index < -0.39 is 21.6 Å². The van der Waals surface area contributed by atoms with Crippen molar-refractivity contribution in [3.8, 4) is 22.8 Å². The van der Waals surface area contributed by atoms with Crippen LogP contribution in [0.3, 0.4) is 0 Å². The largest absolute Gasteiger partial charge is 0.493 e. The van der Waals surface area contributed by atoms with Gasteiger partial charge in [-0.2, -0.15) is 0 Å². The van der Waals surface area contributed by atoms with Crippen LogP contribution in [-0.4, -0.2) is 48.8 Å². The lowest BCUT2D eigenvalue weighted by Gasteiger charge is -2.17. The van der Waals surface area contributed by atoms with Gasteiger partial charge < -0.3 is 14.6 Å². The molecule has 0 saturated carbocycles. The molecule has 38 heavy (non-hydrogen) atoms. The van der Waals surface area contributed by atoms with E-state index in [1.165, 1.54) is 6.07 Å². The molecule has 1 atom stereocenters. The van der Waals surface area contributed by atoms with Gasteiger partial charge in [0.15, 0.2) is 0 Å². The molecule has 0 radical (unpaired) electrons. The first-order valence-corrected chi connectivity index (χ1v) is 15.2. The average molecular weight is 560 g/mol. The Morgan fingerprint density at radius 3 is 2.61 bits per heavy atom. The minimum atomic E-state index is -3.13. The molecular weight excluding hydrogens is 529 g/mol. The Kier molecular flexibility index (Phi) is 8.62. The third-order valence-corrected chi connectivity index (χ3v) is 8.63. The van der Waals surface area contributed by atoms with Crippen LogP contribution in [0.4, 0.5) is 4.39 Å². The van der Waals surface area contributed by atoms with Crippen LogP contribution in [0.5, 0.6) is 11.6 Å². The van der Waals surface area contributed by atoms with Crippen LogP contribution in [0, 0.1) is 19.7 Å².